The predicted molar refractivity (Wildman–Crippen MR) is 84.1 cm³/mol. The number of thiophene rings is 1. The molecule has 0 bridgehead atoms. The molecule has 1 aromatic heterocycles. The van der Waals surface area contributed by atoms with Crippen LogP contribution < -0.4 is 4.72 Å². The van der Waals surface area contributed by atoms with E-state index in [2.05, 4.69) is 20.7 Å². The lowest BCUT2D eigenvalue weighted by molar-refractivity contribution is 0.154. The molecule has 2 heterocycles. The number of piperidine rings is 1. The number of hydrogen-bond donors (Lipinski definition) is 2. The molecule has 0 aliphatic carbocycles. The molecule has 2 rings (SSSR count). The molecule has 20 heavy (non-hydrogen) atoms. The maximum Gasteiger partial charge on any atom is 0.279 e. The van der Waals surface area contributed by atoms with E-state index in [1.807, 2.05) is 12.1 Å². The van der Waals surface area contributed by atoms with E-state index in [0.29, 0.717) is 19.5 Å². The number of aliphatic hydroxyl groups excluding tert-OH is 1. The minimum absolute atomic E-state index is 0.112. The van der Waals surface area contributed by atoms with Gasteiger partial charge in [0.25, 0.3) is 10.2 Å². The van der Waals surface area contributed by atoms with Crippen LogP contribution in [-0.4, -0.2) is 43.6 Å². The van der Waals surface area contributed by atoms with E-state index < -0.39 is 10.2 Å². The highest BCUT2D eigenvalue weighted by atomic mass is 79.9. The van der Waals surface area contributed by atoms with Crippen LogP contribution in [-0.2, 0) is 16.6 Å². The summed E-state index contributed by atoms with van der Waals surface area (Å²) in [5.74, 6) is 0. The molecule has 0 spiro atoms. The summed E-state index contributed by atoms with van der Waals surface area (Å²) in [6.45, 7) is 0.758. The normalized spacial score (nSPS) is 21.2. The van der Waals surface area contributed by atoms with Gasteiger partial charge in [0, 0.05) is 24.0 Å². The molecule has 0 aromatic carbocycles. The first-order valence-corrected chi connectivity index (χ1v) is 9.69. The summed E-state index contributed by atoms with van der Waals surface area (Å²) in [5.41, 5.74) is 0. The van der Waals surface area contributed by atoms with Gasteiger partial charge in [-0.2, -0.15) is 12.7 Å². The van der Waals surface area contributed by atoms with Crippen LogP contribution in [0.25, 0.3) is 0 Å². The largest absolute Gasteiger partial charge is 0.395 e. The minimum Gasteiger partial charge on any atom is -0.395 e. The smallest absolute Gasteiger partial charge is 0.279 e. The molecule has 8 heteroatoms. The fraction of sp³-hybridized carbons (Fsp3) is 0.667. The van der Waals surface area contributed by atoms with Gasteiger partial charge in [-0.05, 0) is 47.3 Å². The minimum atomic E-state index is -3.49. The summed E-state index contributed by atoms with van der Waals surface area (Å²) in [5, 5.41) is 9.29. The molecule has 2 N–H and O–H groups in total. The quantitative estimate of drug-likeness (QED) is 0.786. The first-order valence-electron chi connectivity index (χ1n) is 6.64. The van der Waals surface area contributed by atoms with Crippen LogP contribution in [0.3, 0.4) is 0 Å². The van der Waals surface area contributed by atoms with Gasteiger partial charge in [0.05, 0.1) is 10.4 Å². The Morgan fingerprint density at radius 2 is 2.25 bits per heavy atom. The maximum absolute atomic E-state index is 12.2. The van der Waals surface area contributed by atoms with Crippen molar-refractivity contribution in [1.29, 1.82) is 0 Å². The number of nitrogens with one attached hydrogen (secondary N) is 1. The first kappa shape index (κ1) is 16.4. The summed E-state index contributed by atoms with van der Waals surface area (Å²) in [4.78, 5) is 1.14. The fourth-order valence-corrected chi connectivity index (χ4v) is 5.29. The van der Waals surface area contributed by atoms with Crippen LogP contribution in [0, 0.1) is 0 Å². The summed E-state index contributed by atoms with van der Waals surface area (Å²) in [7, 11) is -3.49. The van der Waals surface area contributed by atoms with Crippen molar-refractivity contribution in [2.45, 2.75) is 31.7 Å². The molecule has 0 radical (unpaired) electrons. The second kappa shape index (κ2) is 7.33. The summed E-state index contributed by atoms with van der Waals surface area (Å²) >= 11 is 4.99. The van der Waals surface area contributed by atoms with E-state index >= 15 is 0 Å². The van der Waals surface area contributed by atoms with E-state index in [4.69, 9.17) is 0 Å². The highest BCUT2D eigenvalue weighted by molar-refractivity contribution is 9.11. The second-order valence-corrected chi connectivity index (χ2v) is 9.05. The van der Waals surface area contributed by atoms with Crippen molar-refractivity contribution in [2.75, 3.05) is 19.7 Å². The van der Waals surface area contributed by atoms with Crippen LogP contribution in [0.5, 0.6) is 0 Å². The summed E-state index contributed by atoms with van der Waals surface area (Å²) in [6.07, 6.45) is 3.23. The molecule has 1 aliphatic rings. The molecular weight excluding hydrogens is 364 g/mol. The Labute approximate surface area is 132 Å². The molecule has 0 saturated carbocycles. The van der Waals surface area contributed by atoms with Crippen molar-refractivity contribution in [3.05, 3.63) is 20.8 Å². The van der Waals surface area contributed by atoms with Gasteiger partial charge in [-0.1, -0.05) is 6.42 Å². The Balaban J connectivity index is 1.89. The molecule has 0 amide bonds. The van der Waals surface area contributed by atoms with Gasteiger partial charge < -0.3 is 5.11 Å². The topological polar surface area (TPSA) is 69.6 Å². The van der Waals surface area contributed by atoms with Gasteiger partial charge in [0.15, 0.2) is 0 Å². The van der Waals surface area contributed by atoms with Gasteiger partial charge in [-0.15, -0.1) is 11.3 Å². The van der Waals surface area contributed by atoms with Gasteiger partial charge in [0.2, 0.25) is 0 Å². The van der Waals surface area contributed by atoms with E-state index in [1.165, 1.54) is 4.31 Å². The number of aliphatic hydroxyl groups is 1. The lowest BCUT2D eigenvalue weighted by Gasteiger charge is -2.33. The van der Waals surface area contributed by atoms with Gasteiger partial charge in [-0.25, -0.2) is 4.72 Å². The van der Waals surface area contributed by atoms with Gasteiger partial charge >= 0.3 is 0 Å². The third-order valence-electron chi connectivity index (χ3n) is 3.38. The Kier molecular flexibility index (Phi) is 6.00. The fourth-order valence-electron chi connectivity index (χ4n) is 2.35. The Morgan fingerprint density at radius 1 is 1.45 bits per heavy atom. The average molecular weight is 383 g/mol. The highest BCUT2D eigenvalue weighted by Crippen LogP contribution is 2.22. The SMILES string of the molecule is O=S(=O)(NCCc1ccc(Br)s1)N1CCCCC1CO. The lowest BCUT2D eigenvalue weighted by atomic mass is 10.1. The highest BCUT2D eigenvalue weighted by Gasteiger charge is 2.31. The third kappa shape index (κ3) is 4.25. The molecule has 1 aliphatic heterocycles. The molecule has 1 atom stereocenters. The Morgan fingerprint density at radius 3 is 2.90 bits per heavy atom. The third-order valence-corrected chi connectivity index (χ3v) is 6.73. The summed E-state index contributed by atoms with van der Waals surface area (Å²) in [6, 6.07) is 3.67. The van der Waals surface area contributed by atoms with Crippen LogP contribution in [0.2, 0.25) is 0 Å². The zero-order valence-corrected chi connectivity index (χ0v) is 14.3. The number of halogens is 1. The molecule has 1 saturated heterocycles. The second-order valence-electron chi connectivity index (χ2n) is 4.80. The summed E-state index contributed by atoms with van der Waals surface area (Å²) < 4.78 is 29.6. The average Bonchev–Trinajstić information content (AvgIpc) is 2.84. The Bertz CT molecular complexity index is 533. The van der Waals surface area contributed by atoms with E-state index in [-0.39, 0.29) is 12.6 Å². The molecule has 1 unspecified atom stereocenters. The maximum atomic E-state index is 12.2. The van der Waals surface area contributed by atoms with Crippen molar-refractivity contribution >= 4 is 37.5 Å². The molecular formula is C12H19BrN2O3S2. The van der Waals surface area contributed by atoms with Crippen LogP contribution in [0.1, 0.15) is 24.1 Å². The van der Waals surface area contributed by atoms with E-state index in [9.17, 15) is 13.5 Å². The van der Waals surface area contributed by atoms with E-state index in [1.54, 1.807) is 11.3 Å². The van der Waals surface area contributed by atoms with Crippen LogP contribution >= 0.6 is 27.3 Å². The standard InChI is InChI=1S/C12H19BrN2O3S2/c13-12-5-4-11(19-12)6-7-14-20(17,18)15-8-2-1-3-10(15)9-16/h4-5,10,14,16H,1-3,6-9H2. The van der Waals surface area contributed by atoms with Gasteiger partial charge in [-0.3, -0.25) is 0 Å². The van der Waals surface area contributed by atoms with Crippen molar-refractivity contribution in [2.24, 2.45) is 0 Å². The van der Waals surface area contributed by atoms with Crippen molar-refractivity contribution < 1.29 is 13.5 Å². The molecule has 1 fully saturated rings. The number of rotatable bonds is 6. The number of nitrogens with zero attached hydrogens (tertiary/aromatic N) is 1. The van der Waals surface area contributed by atoms with Crippen molar-refractivity contribution in [1.82, 2.24) is 9.03 Å². The van der Waals surface area contributed by atoms with Crippen molar-refractivity contribution in [3.63, 3.8) is 0 Å². The van der Waals surface area contributed by atoms with E-state index in [0.717, 1.165) is 27.9 Å². The monoisotopic (exact) mass is 382 g/mol. The zero-order valence-electron chi connectivity index (χ0n) is 11.1. The zero-order chi connectivity index (χ0) is 14.6. The Hall–Kier alpha value is 0.01000. The number of hydrogen-bond acceptors (Lipinski definition) is 4. The van der Waals surface area contributed by atoms with Gasteiger partial charge in [0.1, 0.15) is 0 Å². The van der Waals surface area contributed by atoms with Crippen LogP contribution in [0.15, 0.2) is 15.9 Å². The molecule has 5 nitrogen and oxygen atoms in total. The van der Waals surface area contributed by atoms with Crippen molar-refractivity contribution in [3.8, 4) is 0 Å². The van der Waals surface area contributed by atoms with Crippen LogP contribution in [0.4, 0.5) is 0 Å². The first-order chi connectivity index (χ1) is 9.53. The lowest BCUT2D eigenvalue weighted by Crippen LogP contribution is -2.50. The molecule has 1 aromatic rings. The predicted octanol–water partition coefficient (Wildman–Crippen LogP) is 1.73. The molecule has 114 valence electrons.